The summed E-state index contributed by atoms with van der Waals surface area (Å²) in [6.07, 6.45) is 5.13. The van der Waals surface area contributed by atoms with Gasteiger partial charge in [0.2, 0.25) is 5.91 Å². The van der Waals surface area contributed by atoms with Gasteiger partial charge in [-0.3, -0.25) is 4.79 Å². The Balaban J connectivity index is 0.00000180. The predicted molar refractivity (Wildman–Crippen MR) is 83.1 cm³/mol. The van der Waals surface area contributed by atoms with Gasteiger partial charge >= 0.3 is 0 Å². The Morgan fingerprint density at radius 3 is 2.89 bits per heavy atom. The first-order chi connectivity index (χ1) is 8.84. The zero-order valence-electron chi connectivity index (χ0n) is 11.2. The Morgan fingerprint density at radius 1 is 1.42 bits per heavy atom. The van der Waals surface area contributed by atoms with Crippen molar-refractivity contribution in [2.45, 2.75) is 32.1 Å². The summed E-state index contributed by atoms with van der Waals surface area (Å²) in [5.41, 5.74) is 1.32. The van der Waals surface area contributed by atoms with Gasteiger partial charge in [-0.05, 0) is 67.1 Å². The minimum absolute atomic E-state index is 0. The number of piperidine rings is 1. The molecule has 5 heteroatoms. The van der Waals surface area contributed by atoms with E-state index in [2.05, 4.69) is 27.5 Å². The van der Waals surface area contributed by atoms with Gasteiger partial charge in [-0.2, -0.15) is 11.3 Å². The predicted octanol–water partition coefficient (Wildman–Crippen LogP) is 2.61. The molecule has 3 nitrogen and oxygen atoms in total. The van der Waals surface area contributed by atoms with Crippen LogP contribution in [0.4, 0.5) is 0 Å². The average Bonchev–Trinajstić information content (AvgIpc) is 2.91. The topological polar surface area (TPSA) is 41.1 Å². The maximum Gasteiger partial charge on any atom is 0.220 e. The molecule has 0 atom stereocenters. The second-order valence-corrected chi connectivity index (χ2v) is 5.74. The van der Waals surface area contributed by atoms with Crippen molar-refractivity contribution in [2.75, 3.05) is 19.6 Å². The highest BCUT2D eigenvalue weighted by atomic mass is 35.5. The number of thiophene rings is 1. The van der Waals surface area contributed by atoms with E-state index in [4.69, 9.17) is 0 Å². The van der Waals surface area contributed by atoms with Crippen molar-refractivity contribution in [1.29, 1.82) is 0 Å². The molecule has 1 aliphatic heterocycles. The third-order valence-electron chi connectivity index (χ3n) is 3.55. The standard InChI is InChI=1S/C14H22N2OS.ClH/c17-14(2-1-12-3-7-15-8-4-12)16-9-5-13-6-10-18-11-13;/h6,10-12,15H,1-5,7-9H2,(H,16,17);1H. The third kappa shape index (κ3) is 6.41. The van der Waals surface area contributed by atoms with Gasteiger partial charge in [-0.25, -0.2) is 0 Å². The molecule has 1 aromatic rings. The maximum atomic E-state index is 11.7. The molecule has 2 heterocycles. The van der Waals surface area contributed by atoms with Gasteiger partial charge < -0.3 is 10.6 Å². The first-order valence-corrected chi connectivity index (χ1v) is 7.77. The zero-order valence-corrected chi connectivity index (χ0v) is 12.8. The fourth-order valence-corrected chi connectivity index (χ4v) is 3.08. The first kappa shape index (κ1) is 16.5. The van der Waals surface area contributed by atoms with Crippen molar-refractivity contribution in [1.82, 2.24) is 10.6 Å². The summed E-state index contributed by atoms with van der Waals surface area (Å²) in [7, 11) is 0. The van der Waals surface area contributed by atoms with Crippen LogP contribution in [0.2, 0.25) is 0 Å². The molecule has 19 heavy (non-hydrogen) atoms. The Labute approximate surface area is 125 Å². The Morgan fingerprint density at radius 2 is 2.21 bits per heavy atom. The highest BCUT2D eigenvalue weighted by Crippen LogP contribution is 2.17. The number of carbonyl (C=O) groups is 1. The minimum Gasteiger partial charge on any atom is -0.356 e. The molecule has 2 N–H and O–H groups in total. The van der Waals surface area contributed by atoms with Crippen LogP contribution in [0.15, 0.2) is 16.8 Å². The molecule has 1 aromatic heterocycles. The Bertz CT molecular complexity index is 350. The van der Waals surface area contributed by atoms with Crippen molar-refractivity contribution in [3.8, 4) is 0 Å². The highest BCUT2D eigenvalue weighted by Gasteiger charge is 2.14. The van der Waals surface area contributed by atoms with Gasteiger partial charge in [-0.1, -0.05) is 0 Å². The van der Waals surface area contributed by atoms with Gasteiger partial charge in [0.1, 0.15) is 0 Å². The van der Waals surface area contributed by atoms with Crippen molar-refractivity contribution in [2.24, 2.45) is 5.92 Å². The highest BCUT2D eigenvalue weighted by molar-refractivity contribution is 7.07. The molecular formula is C14H23ClN2OS. The fourth-order valence-electron chi connectivity index (χ4n) is 2.38. The molecule has 0 aliphatic carbocycles. The van der Waals surface area contributed by atoms with E-state index in [-0.39, 0.29) is 18.3 Å². The van der Waals surface area contributed by atoms with Crippen molar-refractivity contribution < 1.29 is 4.79 Å². The largest absolute Gasteiger partial charge is 0.356 e. The smallest absolute Gasteiger partial charge is 0.220 e. The number of nitrogens with one attached hydrogen (secondary N) is 2. The van der Waals surface area contributed by atoms with Gasteiger partial charge in [-0.15, -0.1) is 12.4 Å². The van der Waals surface area contributed by atoms with Crippen LogP contribution in [0.5, 0.6) is 0 Å². The molecule has 1 saturated heterocycles. The number of hydrogen-bond acceptors (Lipinski definition) is 3. The third-order valence-corrected chi connectivity index (χ3v) is 4.29. The molecule has 0 radical (unpaired) electrons. The van der Waals surface area contributed by atoms with E-state index >= 15 is 0 Å². The van der Waals surface area contributed by atoms with Gasteiger partial charge in [0.25, 0.3) is 0 Å². The van der Waals surface area contributed by atoms with Crippen LogP contribution in [0, 0.1) is 5.92 Å². The minimum atomic E-state index is 0. The van der Waals surface area contributed by atoms with Crippen LogP contribution in [-0.4, -0.2) is 25.5 Å². The lowest BCUT2D eigenvalue weighted by Crippen LogP contribution is -2.30. The summed E-state index contributed by atoms with van der Waals surface area (Å²) < 4.78 is 0. The quantitative estimate of drug-likeness (QED) is 0.848. The van der Waals surface area contributed by atoms with Crippen LogP contribution in [0.3, 0.4) is 0 Å². The van der Waals surface area contributed by atoms with E-state index < -0.39 is 0 Å². The van der Waals surface area contributed by atoms with E-state index in [0.717, 1.165) is 38.4 Å². The Hall–Kier alpha value is -0.580. The average molecular weight is 303 g/mol. The lowest BCUT2D eigenvalue weighted by molar-refractivity contribution is -0.121. The molecule has 0 spiro atoms. The lowest BCUT2D eigenvalue weighted by Gasteiger charge is -2.22. The van der Waals surface area contributed by atoms with Crippen LogP contribution in [0.25, 0.3) is 0 Å². The summed E-state index contributed by atoms with van der Waals surface area (Å²) in [6, 6.07) is 2.12. The molecule has 2 rings (SSSR count). The SMILES string of the molecule is Cl.O=C(CCC1CCNCC1)NCCc1ccsc1. The number of amides is 1. The van der Waals surface area contributed by atoms with Gasteiger partial charge in [0.05, 0.1) is 0 Å². The summed E-state index contributed by atoms with van der Waals surface area (Å²) in [4.78, 5) is 11.7. The van der Waals surface area contributed by atoms with Crippen LogP contribution in [0.1, 0.15) is 31.2 Å². The number of halogens is 1. The monoisotopic (exact) mass is 302 g/mol. The molecule has 0 aromatic carbocycles. The van der Waals surface area contributed by atoms with E-state index in [1.807, 2.05) is 0 Å². The number of hydrogen-bond donors (Lipinski definition) is 2. The van der Waals surface area contributed by atoms with E-state index in [1.165, 1.54) is 18.4 Å². The molecule has 108 valence electrons. The van der Waals surface area contributed by atoms with Crippen LogP contribution >= 0.6 is 23.7 Å². The first-order valence-electron chi connectivity index (χ1n) is 6.83. The van der Waals surface area contributed by atoms with E-state index in [0.29, 0.717) is 6.42 Å². The Kier molecular flexibility index (Phi) is 8.10. The fraction of sp³-hybridized carbons (Fsp3) is 0.643. The van der Waals surface area contributed by atoms with Crippen molar-refractivity contribution in [3.63, 3.8) is 0 Å². The molecular weight excluding hydrogens is 280 g/mol. The van der Waals surface area contributed by atoms with E-state index in [9.17, 15) is 4.79 Å². The molecule has 1 fully saturated rings. The summed E-state index contributed by atoms with van der Waals surface area (Å²) in [5, 5.41) is 10.6. The van der Waals surface area contributed by atoms with Gasteiger partial charge in [0.15, 0.2) is 0 Å². The molecule has 1 aliphatic rings. The van der Waals surface area contributed by atoms with Crippen LogP contribution in [-0.2, 0) is 11.2 Å². The lowest BCUT2D eigenvalue weighted by atomic mass is 9.93. The number of carbonyl (C=O) groups excluding carboxylic acids is 1. The molecule has 0 unspecified atom stereocenters. The molecule has 1 amide bonds. The number of rotatable bonds is 6. The summed E-state index contributed by atoms with van der Waals surface area (Å²) in [6.45, 7) is 3.00. The second kappa shape index (κ2) is 9.34. The molecule has 0 saturated carbocycles. The maximum absolute atomic E-state index is 11.7. The summed E-state index contributed by atoms with van der Waals surface area (Å²) in [5.74, 6) is 0.956. The second-order valence-electron chi connectivity index (χ2n) is 4.96. The normalized spacial score (nSPS) is 15.8. The van der Waals surface area contributed by atoms with Crippen molar-refractivity contribution >= 4 is 29.7 Å². The van der Waals surface area contributed by atoms with E-state index in [1.54, 1.807) is 11.3 Å². The zero-order chi connectivity index (χ0) is 12.6. The molecule has 0 bridgehead atoms. The summed E-state index contributed by atoms with van der Waals surface area (Å²) >= 11 is 1.71. The van der Waals surface area contributed by atoms with Crippen LogP contribution < -0.4 is 10.6 Å². The van der Waals surface area contributed by atoms with Crippen molar-refractivity contribution in [3.05, 3.63) is 22.4 Å². The van der Waals surface area contributed by atoms with Gasteiger partial charge in [0, 0.05) is 13.0 Å².